The minimum atomic E-state index is -0.500. The SMILES string of the molecule is CCn1c(C)cc(C(=O)COC(=O)Cc2cc(Cl)c3c(c2)OCCO3)c1C. The van der Waals surface area contributed by atoms with Gasteiger partial charge in [-0.1, -0.05) is 11.6 Å². The van der Waals surface area contributed by atoms with E-state index in [1.165, 1.54) is 0 Å². The molecule has 0 radical (unpaired) electrons. The van der Waals surface area contributed by atoms with E-state index in [2.05, 4.69) is 0 Å². The van der Waals surface area contributed by atoms with Crippen LogP contribution in [0.4, 0.5) is 0 Å². The summed E-state index contributed by atoms with van der Waals surface area (Å²) in [4.78, 5) is 24.5. The second kappa shape index (κ2) is 8.05. The maximum atomic E-state index is 12.4. The molecule has 0 amide bonds. The first-order valence-electron chi connectivity index (χ1n) is 8.84. The van der Waals surface area contributed by atoms with Gasteiger partial charge < -0.3 is 18.8 Å². The van der Waals surface area contributed by atoms with Crippen LogP contribution in [-0.2, 0) is 22.5 Å². The van der Waals surface area contributed by atoms with Crippen LogP contribution in [0.15, 0.2) is 18.2 Å². The molecule has 6 nitrogen and oxygen atoms in total. The van der Waals surface area contributed by atoms with Gasteiger partial charge in [-0.05, 0) is 44.5 Å². The number of ether oxygens (including phenoxy) is 3. The third-order valence-electron chi connectivity index (χ3n) is 4.56. The number of fused-ring (bicyclic) bond motifs is 1. The highest BCUT2D eigenvalue weighted by Gasteiger charge is 2.20. The van der Waals surface area contributed by atoms with Crippen molar-refractivity contribution in [2.75, 3.05) is 19.8 Å². The number of aryl methyl sites for hydroxylation is 1. The van der Waals surface area contributed by atoms with Crippen LogP contribution >= 0.6 is 11.6 Å². The van der Waals surface area contributed by atoms with Crippen LogP contribution in [0.1, 0.15) is 34.2 Å². The van der Waals surface area contributed by atoms with Crippen LogP contribution in [0.3, 0.4) is 0 Å². The molecule has 1 aromatic heterocycles. The molecule has 0 fully saturated rings. The Morgan fingerprint density at radius 1 is 1.19 bits per heavy atom. The van der Waals surface area contributed by atoms with Gasteiger partial charge in [-0.25, -0.2) is 0 Å². The number of aromatic nitrogens is 1. The molecular formula is C20H22ClNO5. The summed E-state index contributed by atoms with van der Waals surface area (Å²) in [7, 11) is 0. The maximum Gasteiger partial charge on any atom is 0.310 e. The lowest BCUT2D eigenvalue weighted by Crippen LogP contribution is -2.18. The van der Waals surface area contributed by atoms with Crippen LogP contribution in [0, 0.1) is 13.8 Å². The lowest BCUT2D eigenvalue weighted by molar-refractivity contribution is -0.141. The molecular weight excluding hydrogens is 370 g/mol. The maximum absolute atomic E-state index is 12.4. The number of Topliss-reactive ketones (excluding diaryl/α,β-unsaturated/α-hetero) is 1. The van der Waals surface area contributed by atoms with Crippen molar-refractivity contribution in [3.8, 4) is 11.5 Å². The van der Waals surface area contributed by atoms with E-state index in [4.69, 9.17) is 25.8 Å². The first-order valence-corrected chi connectivity index (χ1v) is 9.22. The Bertz CT molecular complexity index is 887. The lowest BCUT2D eigenvalue weighted by Gasteiger charge is -2.20. The number of benzene rings is 1. The third kappa shape index (κ3) is 4.11. The molecule has 0 saturated heterocycles. The fraction of sp³-hybridized carbons (Fsp3) is 0.400. The van der Waals surface area contributed by atoms with E-state index < -0.39 is 5.97 Å². The first-order chi connectivity index (χ1) is 12.9. The third-order valence-corrected chi connectivity index (χ3v) is 4.84. The number of nitrogens with zero attached hydrogens (tertiary/aromatic N) is 1. The Balaban J connectivity index is 1.62. The largest absolute Gasteiger partial charge is 0.486 e. The Kier molecular flexibility index (Phi) is 5.75. The molecule has 0 unspecified atom stereocenters. The lowest BCUT2D eigenvalue weighted by atomic mass is 10.1. The van der Waals surface area contributed by atoms with E-state index >= 15 is 0 Å². The number of carbonyl (C=O) groups is 2. The fourth-order valence-corrected chi connectivity index (χ4v) is 3.57. The average Bonchev–Trinajstić information content (AvgIpc) is 2.93. The summed E-state index contributed by atoms with van der Waals surface area (Å²) in [6, 6.07) is 5.18. The van der Waals surface area contributed by atoms with E-state index in [9.17, 15) is 9.59 Å². The fourth-order valence-electron chi connectivity index (χ4n) is 3.28. The van der Waals surface area contributed by atoms with Gasteiger partial charge in [0.25, 0.3) is 0 Å². The summed E-state index contributed by atoms with van der Waals surface area (Å²) in [6.45, 7) is 7.23. The van der Waals surface area contributed by atoms with Gasteiger partial charge in [0.15, 0.2) is 18.1 Å². The minimum absolute atomic E-state index is 0.00236. The number of halogens is 1. The van der Waals surface area contributed by atoms with Crippen LogP contribution in [0.25, 0.3) is 0 Å². The molecule has 1 aromatic carbocycles. The quantitative estimate of drug-likeness (QED) is 0.556. The summed E-state index contributed by atoms with van der Waals surface area (Å²) in [5, 5.41) is 0.387. The van der Waals surface area contributed by atoms with Crippen molar-refractivity contribution in [2.45, 2.75) is 33.7 Å². The van der Waals surface area contributed by atoms with Crippen molar-refractivity contribution in [2.24, 2.45) is 0 Å². The molecule has 3 rings (SSSR count). The van der Waals surface area contributed by atoms with Gasteiger partial charge in [-0.3, -0.25) is 9.59 Å². The second-order valence-corrected chi connectivity index (χ2v) is 6.80. The molecule has 144 valence electrons. The number of hydrogen-bond acceptors (Lipinski definition) is 5. The Hall–Kier alpha value is -2.47. The van der Waals surface area contributed by atoms with Gasteiger partial charge in [0, 0.05) is 23.5 Å². The van der Waals surface area contributed by atoms with Crippen LogP contribution in [0.2, 0.25) is 5.02 Å². The highest BCUT2D eigenvalue weighted by Crippen LogP contribution is 2.38. The van der Waals surface area contributed by atoms with Gasteiger partial charge >= 0.3 is 5.97 Å². The monoisotopic (exact) mass is 391 g/mol. The van der Waals surface area contributed by atoms with E-state index in [0.717, 1.165) is 17.9 Å². The number of ketones is 1. The van der Waals surface area contributed by atoms with E-state index in [0.29, 0.717) is 40.9 Å². The van der Waals surface area contributed by atoms with Crippen LogP contribution in [-0.4, -0.2) is 36.1 Å². The molecule has 0 aliphatic carbocycles. The van der Waals surface area contributed by atoms with E-state index in [1.54, 1.807) is 12.1 Å². The smallest absolute Gasteiger partial charge is 0.310 e. The molecule has 0 N–H and O–H groups in total. The van der Waals surface area contributed by atoms with Gasteiger partial charge in [-0.15, -0.1) is 0 Å². The van der Waals surface area contributed by atoms with Crippen molar-refractivity contribution >= 4 is 23.4 Å². The Labute approximate surface area is 163 Å². The van der Waals surface area contributed by atoms with Gasteiger partial charge in [0.05, 0.1) is 11.4 Å². The minimum Gasteiger partial charge on any atom is -0.486 e. The summed E-state index contributed by atoms with van der Waals surface area (Å²) in [6.07, 6.45) is -0.00236. The Morgan fingerprint density at radius 3 is 2.63 bits per heavy atom. The van der Waals surface area contributed by atoms with Crippen molar-refractivity contribution < 1.29 is 23.8 Å². The van der Waals surface area contributed by atoms with Crippen molar-refractivity contribution in [1.82, 2.24) is 4.57 Å². The predicted octanol–water partition coefficient (Wildman–Crippen LogP) is 3.52. The predicted molar refractivity (Wildman–Crippen MR) is 101 cm³/mol. The van der Waals surface area contributed by atoms with Gasteiger partial charge in [0.1, 0.15) is 13.2 Å². The van der Waals surface area contributed by atoms with E-state index in [1.807, 2.05) is 31.4 Å². The zero-order valence-corrected chi connectivity index (χ0v) is 16.4. The highest BCUT2D eigenvalue weighted by molar-refractivity contribution is 6.32. The first kappa shape index (κ1) is 19.3. The Morgan fingerprint density at radius 2 is 1.93 bits per heavy atom. The normalized spacial score (nSPS) is 12.7. The molecule has 27 heavy (non-hydrogen) atoms. The van der Waals surface area contributed by atoms with E-state index in [-0.39, 0.29) is 18.8 Å². The zero-order valence-electron chi connectivity index (χ0n) is 15.6. The standard InChI is InChI=1S/C20H22ClNO5/c1-4-22-12(2)7-15(13(22)3)17(23)11-27-19(24)10-14-8-16(21)20-18(9-14)25-5-6-26-20/h7-9H,4-6,10-11H2,1-3H3. The number of carbonyl (C=O) groups excluding carboxylic acids is 2. The highest BCUT2D eigenvalue weighted by atomic mass is 35.5. The number of esters is 1. The molecule has 0 atom stereocenters. The average molecular weight is 392 g/mol. The molecule has 0 spiro atoms. The summed E-state index contributed by atoms with van der Waals surface area (Å²) < 4.78 is 18.2. The van der Waals surface area contributed by atoms with Crippen molar-refractivity contribution in [3.63, 3.8) is 0 Å². The number of hydrogen-bond donors (Lipinski definition) is 0. The molecule has 2 aromatic rings. The summed E-state index contributed by atoms with van der Waals surface area (Å²) in [5.74, 6) is 0.290. The zero-order chi connectivity index (χ0) is 19.6. The molecule has 1 aliphatic heterocycles. The number of rotatable bonds is 6. The topological polar surface area (TPSA) is 66.8 Å². The van der Waals surface area contributed by atoms with Crippen LogP contribution < -0.4 is 9.47 Å². The molecule has 2 heterocycles. The van der Waals surface area contributed by atoms with Crippen molar-refractivity contribution in [1.29, 1.82) is 0 Å². The van der Waals surface area contributed by atoms with Crippen molar-refractivity contribution in [3.05, 3.63) is 45.7 Å². The van der Waals surface area contributed by atoms with Crippen LogP contribution in [0.5, 0.6) is 11.5 Å². The summed E-state index contributed by atoms with van der Waals surface area (Å²) in [5.41, 5.74) is 3.13. The summed E-state index contributed by atoms with van der Waals surface area (Å²) >= 11 is 6.17. The van der Waals surface area contributed by atoms with Gasteiger partial charge in [0.2, 0.25) is 5.78 Å². The van der Waals surface area contributed by atoms with Gasteiger partial charge in [-0.2, -0.15) is 0 Å². The second-order valence-electron chi connectivity index (χ2n) is 6.39. The molecule has 0 saturated carbocycles. The molecule has 1 aliphatic rings. The molecule has 0 bridgehead atoms. The molecule has 7 heteroatoms.